The molecule has 1 heterocycles. The smallest absolute Gasteiger partial charge is 0.102 e. The molecule has 0 saturated carbocycles. The SMILES string of the molecule is CC(C)n1cc(C(C)(O)CN)cn1. The van der Waals surface area contributed by atoms with Crippen LogP contribution in [0, 0.1) is 0 Å². The van der Waals surface area contributed by atoms with Crippen LogP contribution in [-0.2, 0) is 5.60 Å². The van der Waals surface area contributed by atoms with Crippen molar-refractivity contribution < 1.29 is 5.11 Å². The molecule has 0 spiro atoms. The first-order valence-electron chi connectivity index (χ1n) is 4.44. The van der Waals surface area contributed by atoms with E-state index in [4.69, 9.17) is 5.73 Å². The summed E-state index contributed by atoms with van der Waals surface area (Å²) in [4.78, 5) is 0. The molecule has 0 radical (unpaired) electrons. The van der Waals surface area contributed by atoms with Gasteiger partial charge in [0.2, 0.25) is 0 Å². The van der Waals surface area contributed by atoms with Crippen molar-refractivity contribution in [2.24, 2.45) is 5.73 Å². The van der Waals surface area contributed by atoms with E-state index in [-0.39, 0.29) is 6.54 Å². The molecule has 4 nitrogen and oxygen atoms in total. The lowest BCUT2D eigenvalue weighted by molar-refractivity contribution is 0.0667. The number of aliphatic hydroxyl groups is 1. The lowest BCUT2D eigenvalue weighted by Crippen LogP contribution is -2.30. The van der Waals surface area contributed by atoms with Crippen LogP contribution in [0.1, 0.15) is 32.4 Å². The summed E-state index contributed by atoms with van der Waals surface area (Å²) >= 11 is 0. The molecule has 1 atom stereocenters. The van der Waals surface area contributed by atoms with Crippen LogP contribution in [0.4, 0.5) is 0 Å². The fraction of sp³-hybridized carbons (Fsp3) is 0.667. The van der Waals surface area contributed by atoms with Gasteiger partial charge in [-0.3, -0.25) is 4.68 Å². The quantitative estimate of drug-likeness (QED) is 0.722. The lowest BCUT2D eigenvalue weighted by atomic mass is 10.0. The summed E-state index contributed by atoms with van der Waals surface area (Å²) in [6.07, 6.45) is 3.49. The second-order valence-corrected chi connectivity index (χ2v) is 3.78. The predicted octanol–water partition coefficient (Wildman–Crippen LogP) is 0.630. The molecule has 0 amide bonds. The van der Waals surface area contributed by atoms with Crippen LogP contribution >= 0.6 is 0 Å². The van der Waals surface area contributed by atoms with E-state index in [9.17, 15) is 5.11 Å². The van der Waals surface area contributed by atoms with E-state index in [0.29, 0.717) is 6.04 Å². The van der Waals surface area contributed by atoms with Gasteiger partial charge in [-0.15, -0.1) is 0 Å². The highest BCUT2D eigenvalue weighted by molar-refractivity contribution is 5.14. The molecule has 0 aliphatic heterocycles. The van der Waals surface area contributed by atoms with Crippen molar-refractivity contribution in [3.05, 3.63) is 18.0 Å². The first kappa shape index (κ1) is 10.2. The number of nitrogens with zero attached hydrogens (tertiary/aromatic N) is 2. The molecule has 1 aromatic heterocycles. The van der Waals surface area contributed by atoms with Gasteiger partial charge in [0.15, 0.2) is 0 Å². The van der Waals surface area contributed by atoms with Crippen LogP contribution < -0.4 is 5.73 Å². The highest BCUT2D eigenvalue weighted by Gasteiger charge is 2.22. The zero-order valence-electron chi connectivity index (χ0n) is 8.36. The predicted molar refractivity (Wildman–Crippen MR) is 51.2 cm³/mol. The molecule has 0 fully saturated rings. The Hall–Kier alpha value is -0.870. The van der Waals surface area contributed by atoms with Gasteiger partial charge in [0.05, 0.1) is 6.20 Å². The third kappa shape index (κ3) is 2.08. The Balaban J connectivity index is 2.91. The van der Waals surface area contributed by atoms with Crippen molar-refractivity contribution in [3.8, 4) is 0 Å². The second kappa shape index (κ2) is 3.47. The van der Waals surface area contributed by atoms with Crippen LogP contribution in [0.25, 0.3) is 0 Å². The van der Waals surface area contributed by atoms with Crippen LogP contribution in [-0.4, -0.2) is 21.4 Å². The first-order chi connectivity index (χ1) is 5.97. The number of rotatable bonds is 3. The Morgan fingerprint density at radius 3 is 2.69 bits per heavy atom. The molecule has 0 aliphatic rings. The zero-order valence-corrected chi connectivity index (χ0v) is 8.36. The third-order valence-electron chi connectivity index (χ3n) is 2.15. The van der Waals surface area contributed by atoms with Gasteiger partial charge in [0.25, 0.3) is 0 Å². The molecule has 1 unspecified atom stereocenters. The summed E-state index contributed by atoms with van der Waals surface area (Å²) in [6.45, 7) is 5.97. The van der Waals surface area contributed by atoms with Crippen molar-refractivity contribution in [1.82, 2.24) is 9.78 Å². The van der Waals surface area contributed by atoms with Gasteiger partial charge in [0.1, 0.15) is 5.60 Å². The van der Waals surface area contributed by atoms with Gasteiger partial charge in [-0.25, -0.2) is 0 Å². The van der Waals surface area contributed by atoms with E-state index in [1.54, 1.807) is 17.8 Å². The normalized spacial score (nSPS) is 16.2. The van der Waals surface area contributed by atoms with Gasteiger partial charge in [-0.1, -0.05) is 0 Å². The van der Waals surface area contributed by atoms with Crippen molar-refractivity contribution in [2.45, 2.75) is 32.4 Å². The highest BCUT2D eigenvalue weighted by atomic mass is 16.3. The Labute approximate surface area is 78.4 Å². The molecule has 4 heteroatoms. The molecule has 0 bridgehead atoms. The van der Waals surface area contributed by atoms with E-state index in [2.05, 4.69) is 5.10 Å². The van der Waals surface area contributed by atoms with Crippen LogP contribution in [0.5, 0.6) is 0 Å². The Bertz CT molecular complexity index is 278. The van der Waals surface area contributed by atoms with Gasteiger partial charge in [0, 0.05) is 24.3 Å². The maximum atomic E-state index is 9.81. The average Bonchev–Trinajstić information content (AvgIpc) is 2.52. The van der Waals surface area contributed by atoms with E-state index in [1.807, 2.05) is 20.0 Å². The maximum absolute atomic E-state index is 9.81. The van der Waals surface area contributed by atoms with E-state index >= 15 is 0 Å². The van der Waals surface area contributed by atoms with Crippen LogP contribution in [0.15, 0.2) is 12.4 Å². The summed E-state index contributed by atoms with van der Waals surface area (Å²) in [5, 5.41) is 13.9. The fourth-order valence-corrected chi connectivity index (χ4v) is 1.02. The maximum Gasteiger partial charge on any atom is 0.102 e. The molecule has 3 N–H and O–H groups in total. The first-order valence-corrected chi connectivity index (χ1v) is 4.44. The van der Waals surface area contributed by atoms with Crippen LogP contribution in [0.3, 0.4) is 0 Å². The minimum atomic E-state index is -0.965. The zero-order chi connectivity index (χ0) is 10.1. The molecular weight excluding hydrogens is 166 g/mol. The molecule has 0 saturated heterocycles. The van der Waals surface area contributed by atoms with Crippen molar-refractivity contribution in [3.63, 3.8) is 0 Å². The molecule has 74 valence electrons. The highest BCUT2D eigenvalue weighted by Crippen LogP contribution is 2.19. The molecular formula is C9H17N3O. The molecule has 13 heavy (non-hydrogen) atoms. The second-order valence-electron chi connectivity index (χ2n) is 3.78. The van der Waals surface area contributed by atoms with E-state index in [1.165, 1.54) is 0 Å². The monoisotopic (exact) mass is 183 g/mol. The summed E-state index contributed by atoms with van der Waals surface area (Å²) in [6, 6.07) is 0.308. The van der Waals surface area contributed by atoms with E-state index < -0.39 is 5.60 Å². The topological polar surface area (TPSA) is 64.1 Å². The number of aromatic nitrogens is 2. The average molecular weight is 183 g/mol. The van der Waals surface area contributed by atoms with E-state index in [0.717, 1.165) is 5.56 Å². The van der Waals surface area contributed by atoms with Crippen molar-refractivity contribution >= 4 is 0 Å². The Morgan fingerprint density at radius 2 is 2.31 bits per heavy atom. The molecule has 1 rings (SSSR count). The minimum Gasteiger partial charge on any atom is -0.384 e. The lowest BCUT2D eigenvalue weighted by Gasteiger charge is -2.18. The molecule has 0 aliphatic carbocycles. The Morgan fingerprint density at radius 1 is 1.69 bits per heavy atom. The van der Waals surface area contributed by atoms with Crippen molar-refractivity contribution in [1.29, 1.82) is 0 Å². The summed E-state index contributed by atoms with van der Waals surface area (Å²) in [5.41, 5.74) is 5.24. The van der Waals surface area contributed by atoms with Crippen LogP contribution in [0.2, 0.25) is 0 Å². The van der Waals surface area contributed by atoms with Gasteiger partial charge >= 0.3 is 0 Å². The number of hydrogen-bond acceptors (Lipinski definition) is 3. The standard InChI is InChI=1S/C9H17N3O/c1-7(2)12-5-8(4-11-12)9(3,13)6-10/h4-5,7,13H,6,10H2,1-3H3. The summed E-state index contributed by atoms with van der Waals surface area (Å²) in [7, 11) is 0. The fourth-order valence-electron chi connectivity index (χ4n) is 1.02. The largest absolute Gasteiger partial charge is 0.384 e. The number of nitrogens with two attached hydrogens (primary N) is 1. The summed E-state index contributed by atoms with van der Waals surface area (Å²) < 4.78 is 1.81. The molecule has 1 aromatic rings. The Kier molecular flexibility index (Phi) is 2.73. The molecule has 0 aromatic carbocycles. The van der Waals surface area contributed by atoms with Gasteiger partial charge in [-0.05, 0) is 20.8 Å². The van der Waals surface area contributed by atoms with Crippen molar-refractivity contribution in [2.75, 3.05) is 6.54 Å². The van der Waals surface area contributed by atoms with Gasteiger partial charge in [-0.2, -0.15) is 5.10 Å². The third-order valence-corrected chi connectivity index (χ3v) is 2.15. The number of hydrogen-bond donors (Lipinski definition) is 2. The summed E-state index contributed by atoms with van der Waals surface area (Å²) in [5.74, 6) is 0. The minimum absolute atomic E-state index is 0.205. The van der Waals surface area contributed by atoms with Gasteiger partial charge < -0.3 is 10.8 Å².